The monoisotopic (exact) mass is 403 g/mol. The Morgan fingerprint density at radius 1 is 1.46 bits per heavy atom. The van der Waals surface area contributed by atoms with E-state index >= 15 is 0 Å². The summed E-state index contributed by atoms with van der Waals surface area (Å²) >= 11 is 9.12. The van der Waals surface area contributed by atoms with Gasteiger partial charge in [-0.25, -0.2) is 4.99 Å². The molecule has 0 spiro atoms. The SMILES string of the molecule is COc1ccc(N2C(=O)/C(=C\c3cccs3)N=C2SCCC#N)cc1Cl. The quantitative estimate of drug-likeness (QED) is 0.531. The Hall–Kier alpha value is -2.27. The predicted octanol–water partition coefficient (Wildman–Crippen LogP) is 4.80. The van der Waals surface area contributed by atoms with E-state index in [0.717, 1.165) is 4.88 Å². The number of nitrogens with zero attached hydrogens (tertiary/aromatic N) is 3. The number of halogens is 1. The average molecular weight is 404 g/mol. The summed E-state index contributed by atoms with van der Waals surface area (Å²) < 4.78 is 5.17. The van der Waals surface area contributed by atoms with E-state index in [1.807, 2.05) is 17.5 Å². The number of benzene rings is 1. The highest BCUT2D eigenvalue weighted by Gasteiger charge is 2.32. The number of methoxy groups -OCH3 is 1. The van der Waals surface area contributed by atoms with E-state index < -0.39 is 0 Å². The fourth-order valence-corrected chi connectivity index (χ4v) is 4.07. The molecule has 1 aromatic carbocycles. The predicted molar refractivity (Wildman–Crippen MR) is 108 cm³/mol. The maximum atomic E-state index is 12.9. The zero-order valence-electron chi connectivity index (χ0n) is 13.8. The Balaban J connectivity index is 1.96. The van der Waals surface area contributed by atoms with E-state index in [9.17, 15) is 4.79 Å². The molecule has 0 radical (unpaired) electrons. The van der Waals surface area contributed by atoms with E-state index in [2.05, 4.69) is 11.1 Å². The summed E-state index contributed by atoms with van der Waals surface area (Å²) in [5, 5.41) is 11.7. The third-order valence-corrected chi connectivity index (χ3v) is 5.55. The molecule has 0 saturated heterocycles. The van der Waals surface area contributed by atoms with Crippen LogP contribution in [0, 0.1) is 11.3 Å². The van der Waals surface area contributed by atoms with Crippen LogP contribution in [0.2, 0.25) is 5.02 Å². The van der Waals surface area contributed by atoms with Crippen LogP contribution in [0.1, 0.15) is 11.3 Å². The minimum Gasteiger partial charge on any atom is -0.495 e. The van der Waals surface area contributed by atoms with Gasteiger partial charge in [-0.15, -0.1) is 11.3 Å². The third kappa shape index (κ3) is 3.93. The molecule has 3 rings (SSSR count). The fraction of sp³-hybridized carbons (Fsp3) is 0.167. The molecule has 5 nitrogen and oxygen atoms in total. The molecule has 1 aliphatic rings. The molecule has 132 valence electrons. The number of rotatable bonds is 5. The van der Waals surface area contributed by atoms with Gasteiger partial charge in [0.05, 0.1) is 23.9 Å². The van der Waals surface area contributed by atoms with Gasteiger partial charge >= 0.3 is 0 Å². The van der Waals surface area contributed by atoms with Gasteiger partial charge < -0.3 is 4.74 Å². The van der Waals surface area contributed by atoms with Crippen LogP contribution >= 0.6 is 34.7 Å². The maximum absolute atomic E-state index is 12.9. The molecule has 8 heteroatoms. The van der Waals surface area contributed by atoms with Crippen molar-refractivity contribution in [2.75, 3.05) is 17.8 Å². The number of amidine groups is 1. The summed E-state index contributed by atoms with van der Waals surface area (Å²) in [5.74, 6) is 0.862. The van der Waals surface area contributed by atoms with Crippen LogP contribution in [0.4, 0.5) is 5.69 Å². The molecule has 1 aliphatic heterocycles. The smallest absolute Gasteiger partial charge is 0.283 e. The van der Waals surface area contributed by atoms with Gasteiger partial charge in [0.15, 0.2) is 5.17 Å². The molecule has 2 heterocycles. The lowest BCUT2D eigenvalue weighted by atomic mass is 10.2. The highest BCUT2D eigenvalue weighted by molar-refractivity contribution is 8.14. The second-order valence-corrected chi connectivity index (χ2v) is 7.60. The van der Waals surface area contributed by atoms with Gasteiger partial charge in [0.2, 0.25) is 0 Å². The molecule has 2 aromatic rings. The van der Waals surface area contributed by atoms with Crippen molar-refractivity contribution < 1.29 is 9.53 Å². The van der Waals surface area contributed by atoms with Gasteiger partial charge in [-0.1, -0.05) is 29.4 Å². The van der Waals surface area contributed by atoms with Crippen molar-refractivity contribution in [2.24, 2.45) is 4.99 Å². The van der Waals surface area contributed by atoms with Gasteiger partial charge in [0.25, 0.3) is 5.91 Å². The van der Waals surface area contributed by atoms with Crippen molar-refractivity contribution in [2.45, 2.75) is 6.42 Å². The lowest BCUT2D eigenvalue weighted by Gasteiger charge is -2.18. The molecule has 0 saturated carbocycles. The first-order chi connectivity index (χ1) is 12.6. The minimum atomic E-state index is -0.223. The van der Waals surface area contributed by atoms with Crippen LogP contribution < -0.4 is 9.64 Å². The van der Waals surface area contributed by atoms with Gasteiger partial charge in [-0.05, 0) is 35.7 Å². The van der Waals surface area contributed by atoms with E-state index in [1.54, 1.807) is 24.3 Å². The second kappa shape index (κ2) is 8.41. The second-order valence-electron chi connectivity index (χ2n) is 5.16. The van der Waals surface area contributed by atoms with Gasteiger partial charge in [-0.3, -0.25) is 9.69 Å². The minimum absolute atomic E-state index is 0.223. The number of thiophene rings is 1. The standard InChI is InChI=1S/C18H14ClN3O2S2/c1-24-16-6-5-12(10-14(16)19)22-17(23)15(11-13-4-2-8-25-13)21-18(22)26-9-3-7-20/h2,4-6,8,10-11H,3,9H2,1H3/b15-11+. The molecule has 0 aliphatic carbocycles. The summed E-state index contributed by atoms with van der Waals surface area (Å²) in [6.07, 6.45) is 2.14. The zero-order chi connectivity index (χ0) is 18.5. The number of hydrogen-bond donors (Lipinski definition) is 0. The Bertz CT molecular complexity index is 917. The highest BCUT2D eigenvalue weighted by Crippen LogP contribution is 2.34. The number of thioether (sulfide) groups is 1. The molecule has 1 amide bonds. The maximum Gasteiger partial charge on any atom is 0.283 e. The highest BCUT2D eigenvalue weighted by atomic mass is 35.5. The van der Waals surface area contributed by atoms with Crippen molar-refractivity contribution >= 4 is 57.5 Å². The lowest BCUT2D eigenvalue weighted by Crippen LogP contribution is -2.30. The van der Waals surface area contributed by atoms with Crippen LogP contribution in [0.25, 0.3) is 6.08 Å². The van der Waals surface area contributed by atoms with Crippen LogP contribution in [0.3, 0.4) is 0 Å². The van der Waals surface area contributed by atoms with Crippen LogP contribution in [-0.2, 0) is 4.79 Å². The number of hydrogen-bond acceptors (Lipinski definition) is 6. The molecule has 0 N–H and O–H groups in total. The Morgan fingerprint density at radius 3 is 2.96 bits per heavy atom. The van der Waals surface area contributed by atoms with Crippen molar-refractivity contribution in [3.8, 4) is 11.8 Å². The van der Waals surface area contributed by atoms with Crippen molar-refractivity contribution in [3.63, 3.8) is 0 Å². The molecule has 0 unspecified atom stereocenters. The van der Waals surface area contributed by atoms with Gasteiger partial charge in [0.1, 0.15) is 11.4 Å². The molecule has 1 aromatic heterocycles. The van der Waals surface area contributed by atoms with Crippen LogP contribution in [0.15, 0.2) is 46.4 Å². The molecule has 26 heavy (non-hydrogen) atoms. The Labute approximate surface area is 164 Å². The molecular formula is C18H14ClN3O2S2. The zero-order valence-corrected chi connectivity index (χ0v) is 16.2. The van der Waals surface area contributed by atoms with E-state index in [1.165, 1.54) is 35.1 Å². The summed E-state index contributed by atoms with van der Waals surface area (Å²) in [6.45, 7) is 0. The van der Waals surface area contributed by atoms with Crippen molar-refractivity contribution in [1.29, 1.82) is 5.26 Å². The number of nitriles is 1. The van der Waals surface area contributed by atoms with E-state index in [4.69, 9.17) is 21.6 Å². The Morgan fingerprint density at radius 2 is 2.31 bits per heavy atom. The lowest BCUT2D eigenvalue weighted by molar-refractivity contribution is -0.113. The summed E-state index contributed by atoms with van der Waals surface area (Å²) in [5.41, 5.74) is 0.970. The fourth-order valence-electron chi connectivity index (χ4n) is 2.31. The number of aliphatic imine (C=N–C) groups is 1. The van der Waals surface area contributed by atoms with Gasteiger partial charge in [-0.2, -0.15) is 5.26 Å². The summed E-state index contributed by atoms with van der Waals surface area (Å²) in [6, 6.07) is 11.1. The normalized spacial score (nSPS) is 15.3. The number of carbonyl (C=O) groups excluding carboxylic acids is 1. The van der Waals surface area contributed by atoms with Crippen molar-refractivity contribution in [3.05, 3.63) is 51.3 Å². The third-order valence-electron chi connectivity index (χ3n) is 3.49. The number of amides is 1. The molecule has 0 fully saturated rings. The largest absolute Gasteiger partial charge is 0.495 e. The average Bonchev–Trinajstić information content (AvgIpc) is 3.24. The molecule has 0 bridgehead atoms. The van der Waals surface area contributed by atoms with Crippen LogP contribution in [0.5, 0.6) is 5.75 Å². The molecule has 0 atom stereocenters. The van der Waals surface area contributed by atoms with Gasteiger partial charge in [0, 0.05) is 17.1 Å². The number of ether oxygens (including phenoxy) is 1. The summed E-state index contributed by atoms with van der Waals surface area (Å²) in [7, 11) is 1.54. The topological polar surface area (TPSA) is 65.7 Å². The van der Waals surface area contributed by atoms with Crippen molar-refractivity contribution in [1.82, 2.24) is 0 Å². The summed E-state index contributed by atoms with van der Waals surface area (Å²) in [4.78, 5) is 19.9. The van der Waals surface area contributed by atoms with E-state index in [0.29, 0.717) is 39.5 Å². The number of anilines is 1. The Kier molecular flexibility index (Phi) is 5.99. The first kappa shape index (κ1) is 18.5. The molecular weight excluding hydrogens is 390 g/mol. The number of carbonyl (C=O) groups is 1. The first-order valence-electron chi connectivity index (χ1n) is 7.65. The van der Waals surface area contributed by atoms with Crippen LogP contribution in [-0.4, -0.2) is 23.9 Å². The first-order valence-corrected chi connectivity index (χ1v) is 9.90. The van der Waals surface area contributed by atoms with E-state index in [-0.39, 0.29) is 5.91 Å².